The molecule has 3 N–H and O–H groups in total. The molecular weight excluding hydrogens is 254 g/mol. The van der Waals surface area contributed by atoms with E-state index in [2.05, 4.69) is 4.98 Å². The van der Waals surface area contributed by atoms with E-state index in [4.69, 9.17) is 5.73 Å². The number of sulfonamides is 1. The van der Waals surface area contributed by atoms with Crippen LogP contribution in [0.2, 0.25) is 0 Å². The number of aliphatic hydroxyl groups is 1. The Morgan fingerprint density at radius 3 is 2.83 bits per heavy atom. The van der Waals surface area contributed by atoms with Gasteiger partial charge in [0.15, 0.2) is 0 Å². The van der Waals surface area contributed by atoms with E-state index in [0.29, 0.717) is 6.54 Å². The number of rotatable bonds is 3. The molecule has 2 atom stereocenters. The van der Waals surface area contributed by atoms with E-state index in [1.54, 1.807) is 0 Å². The lowest BCUT2D eigenvalue weighted by atomic mass is 10.0. The van der Waals surface area contributed by atoms with Crippen molar-refractivity contribution in [2.45, 2.75) is 24.3 Å². The minimum atomic E-state index is -3.59. The molecule has 0 spiro atoms. The Balaban J connectivity index is 2.34. The van der Waals surface area contributed by atoms with Crippen LogP contribution in [0, 0.1) is 5.92 Å². The fourth-order valence-corrected chi connectivity index (χ4v) is 3.90. The first kappa shape index (κ1) is 13.3. The van der Waals surface area contributed by atoms with Crippen molar-refractivity contribution in [3.63, 3.8) is 0 Å². The molecule has 100 valence electrons. The van der Waals surface area contributed by atoms with Gasteiger partial charge < -0.3 is 10.8 Å². The van der Waals surface area contributed by atoms with Gasteiger partial charge in [0.2, 0.25) is 10.0 Å². The summed E-state index contributed by atoms with van der Waals surface area (Å²) in [5.41, 5.74) is 5.44. The highest BCUT2D eigenvalue weighted by atomic mass is 32.2. The van der Waals surface area contributed by atoms with Gasteiger partial charge in [-0.15, -0.1) is 0 Å². The number of aromatic nitrogens is 1. The van der Waals surface area contributed by atoms with Gasteiger partial charge in [-0.1, -0.05) is 6.92 Å². The van der Waals surface area contributed by atoms with Gasteiger partial charge in [0.05, 0.1) is 12.6 Å². The average molecular weight is 271 g/mol. The lowest BCUT2D eigenvalue weighted by molar-refractivity contribution is 0.191. The summed E-state index contributed by atoms with van der Waals surface area (Å²) in [6, 6.07) is 2.54. The van der Waals surface area contributed by atoms with E-state index >= 15 is 0 Å². The Bertz CT molecular complexity index is 515. The summed E-state index contributed by atoms with van der Waals surface area (Å²) in [4.78, 5) is 3.91. The molecule has 0 aromatic carbocycles. The van der Waals surface area contributed by atoms with Crippen LogP contribution in [0.1, 0.15) is 13.3 Å². The van der Waals surface area contributed by atoms with E-state index in [1.807, 2.05) is 6.92 Å². The fraction of sp³-hybridized carbons (Fsp3) is 0.545. The lowest BCUT2D eigenvalue weighted by Gasteiger charge is -2.24. The SMILES string of the molecule is CC1CCN(S(=O)(=O)c2ccc(N)nc2)C1CO. The van der Waals surface area contributed by atoms with Crippen LogP contribution in [0.5, 0.6) is 0 Å². The van der Waals surface area contributed by atoms with Crippen LogP contribution < -0.4 is 5.73 Å². The second-order valence-corrected chi connectivity index (χ2v) is 6.44. The van der Waals surface area contributed by atoms with Gasteiger partial charge in [0.25, 0.3) is 0 Å². The van der Waals surface area contributed by atoms with Crippen molar-refractivity contribution in [2.24, 2.45) is 5.92 Å². The van der Waals surface area contributed by atoms with Crippen molar-refractivity contribution in [3.8, 4) is 0 Å². The molecule has 0 radical (unpaired) electrons. The first-order chi connectivity index (χ1) is 8.46. The highest BCUT2D eigenvalue weighted by Gasteiger charge is 2.39. The second-order valence-electron chi connectivity index (χ2n) is 4.55. The average Bonchev–Trinajstić information content (AvgIpc) is 2.71. The number of hydrogen-bond acceptors (Lipinski definition) is 5. The Morgan fingerprint density at radius 2 is 2.28 bits per heavy atom. The standard InChI is InChI=1S/C11H17N3O3S/c1-8-4-5-14(10(8)7-15)18(16,17)9-2-3-11(12)13-6-9/h2-3,6,8,10,15H,4-5,7H2,1H3,(H2,12,13). The van der Waals surface area contributed by atoms with Crippen LogP contribution in [0.15, 0.2) is 23.2 Å². The predicted octanol–water partition coefficient (Wildman–Crippen LogP) is 0.0552. The van der Waals surface area contributed by atoms with Crippen molar-refractivity contribution in [1.29, 1.82) is 0 Å². The molecule has 0 bridgehead atoms. The minimum Gasteiger partial charge on any atom is -0.395 e. The minimum absolute atomic E-state index is 0.115. The van der Waals surface area contributed by atoms with E-state index in [-0.39, 0.29) is 29.3 Å². The van der Waals surface area contributed by atoms with E-state index < -0.39 is 10.0 Å². The third-order valence-electron chi connectivity index (χ3n) is 3.38. The zero-order valence-corrected chi connectivity index (χ0v) is 11.0. The molecule has 0 saturated carbocycles. The van der Waals surface area contributed by atoms with Gasteiger partial charge >= 0.3 is 0 Å². The van der Waals surface area contributed by atoms with Crippen molar-refractivity contribution in [3.05, 3.63) is 18.3 Å². The maximum Gasteiger partial charge on any atom is 0.244 e. The number of nitrogens with zero attached hydrogens (tertiary/aromatic N) is 2. The van der Waals surface area contributed by atoms with Crippen LogP contribution in [0.3, 0.4) is 0 Å². The third-order valence-corrected chi connectivity index (χ3v) is 5.29. The number of aliphatic hydroxyl groups excluding tert-OH is 1. The molecule has 1 aromatic rings. The molecule has 2 unspecified atom stereocenters. The van der Waals surface area contributed by atoms with Gasteiger partial charge in [-0.2, -0.15) is 4.31 Å². The van der Waals surface area contributed by atoms with Crippen LogP contribution in [0.4, 0.5) is 5.82 Å². The number of hydrogen-bond donors (Lipinski definition) is 2. The van der Waals surface area contributed by atoms with Crippen LogP contribution in [-0.2, 0) is 10.0 Å². The van der Waals surface area contributed by atoms with Gasteiger partial charge in [-0.25, -0.2) is 13.4 Å². The maximum absolute atomic E-state index is 12.4. The van der Waals surface area contributed by atoms with Crippen molar-refractivity contribution in [1.82, 2.24) is 9.29 Å². The predicted molar refractivity (Wildman–Crippen MR) is 67.2 cm³/mol. The number of anilines is 1. The Labute approximate surface area is 106 Å². The molecule has 2 rings (SSSR count). The maximum atomic E-state index is 12.4. The molecule has 1 fully saturated rings. The van der Waals surface area contributed by atoms with Gasteiger partial charge in [0, 0.05) is 12.7 Å². The lowest BCUT2D eigenvalue weighted by Crippen LogP contribution is -2.39. The molecule has 6 nitrogen and oxygen atoms in total. The topological polar surface area (TPSA) is 96.5 Å². The van der Waals surface area contributed by atoms with Crippen LogP contribution in [0.25, 0.3) is 0 Å². The molecule has 18 heavy (non-hydrogen) atoms. The highest BCUT2D eigenvalue weighted by Crippen LogP contribution is 2.29. The summed E-state index contributed by atoms with van der Waals surface area (Å²) in [6.07, 6.45) is 2.01. The normalized spacial score (nSPS) is 25.4. The first-order valence-electron chi connectivity index (χ1n) is 5.81. The summed E-state index contributed by atoms with van der Waals surface area (Å²) >= 11 is 0. The Kier molecular flexibility index (Phi) is 3.56. The zero-order valence-electron chi connectivity index (χ0n) is 10.2. The molecule has 1 aliphatic heterocycles. The van der Waals surface area contributed by atoms with Crippen LogP contribution in [-0.4, -0.2) is 42.0 Å². The summed E-state index contributed by atoms with van der Waals surface area (Å²) < 4.78 is 26.1. The summed E-state index contributed by atoms with van der Waals surface area (Å²) in [5.74, 6) is 0.439. The van der Waals surface area contributed by atoms with Gasteiger partial charge in [-0.3, -0.25) is 0 Å². The summed E-state index contributed by atoms with van der Waals surface area (Å²) in [6.45, 7) is 2.21. The van der Waals surface area contributed by atoms with Crippen molar-refractivity contribution < 1.29 is 13.5 Å². The van der Waals surface area contributed by atoms with Gasteiger partial charge in [0.1, 0.15) is 10.7 Å². The highest BCUT2D eigenvalue weighted by molar-refractivity contribution is 7.89. The monoisotopic (exact) mass is 271 g/mol. The fourth-order valence-electron chi connectivity index (χ4n) is 2.22. The number of nitrogens with two attached hydrogens (primary N) is 1. The first-order valence-corrected chi connectivity index (χ1v) is 7.25. The van der Waals surface area contributed by atoms with E-state index in [9.17, 15) is 13.5 Å². The molecule has 1 saturated heterocycles. The Morgan fingerprint density at radius 1 is 1.56 bits per heavy atom. The molecule has 7 heteroatoms. The smallest absolute Gasteiger partial charge is 0.244 e. The quantitative estimate of drug-likeness (QED) is 0.810. The summed E-state index contributed by atoms with van der Waals surface area (Å²) in [7, 11) is -3.59. The van der Waals surface area contributed by atoms with Crippen molar-refractivity contribution >= 4 is 15.8 Å². The molecule has 2 heterocycles. The second kappa shape index (κ2) is 4.83. The van der Waals surface area contributed by atoms with E-state index in [1.165, 1.54) is 22.6 Å². The van der Waals surface area contributed by atoms with Crippen LogP contribution >= 0.6 is 0 Å². The summed E-state index contributed by atoms with van der Waals surface area (Å²) in [5, 5.41) is 9.32. The molecule has 0 amide bonds. The Hall–Kier alpha value is -1.18. The zero-order chi connectivity index (χ0) is 13.3. The van der Waals surface area contributed by atoms with Gasteiger partial charge in [-0.05, 0) is 24.5 Å². The largest absolute Gasteiger partial charge is 0.395 e. The molecular formula is C11H17N3O3S. The molecule has 1 aromatic heterocycles. The van der Waals surface area contributed by atoms with E-state index in [0.717, 1.165) is 6.42 Å². The molecule has 1 aliphatic rings. The third kappa shape index (κ3) is 2.21. The molecule has 0 aliphatic carbocycles. The number of pyridine rings is 1. The van der Waals surface area contributed by atoms with Crippen molar-refractivity contribution in [2.75, 3.05) is 18.9 Å². The number of nitrogen functional groups attached to an aromatic ring is 1.